The molecule has 3 heteroatoms. The minimum Gasteiger partial charge on any atom is -0.496 e. The van der Waals surface area contributed by atoms with E-state index >= 15 is 0 Å². The molecule has 0 aromatic heterocycles. The molecule has 0 aliphatic heterocycles. The van der Waals surface area contributed by atoms with Gasteiger partial charge in [-0.15, -0.1) is 0 Å². The highest BCUT2D eigenvalue weighted by atomic mass is 19.1. The Morgan fingerprint density at radius 1 is 1.29 bits per heavy atom. The molecule has 1 aromatic carbocycles. The SMILES string of the molecule is CCO[C@@H](CC(C)C)c1cc(F)ccc1OC. The Balaban J connectivity index is 3.02. The van der Waals surface area contributed by atoms with Crippen LogP contribution in [0.2, 0.25) is 0 Å². The van der Waals surface area contributed by atoms with Gasteiger partial charge in [0.15, 0.2) is 0 Å². The summed E-state index contributed by atoms with van der Waals surface area (Å²) in [5.74, 6) is 0.916. The highest BCUT2D eigenvalue weighted by Crippen LogP contribution is 2.32. The van der Waals surface area contributed by atoms with Crippen molar-refractivity contribution < 1.29 is 13.9 Å². The summed E-state index contributed by atoms with van der Waals surface area (Å²) in [5.41, 5.74) is 0.794. The van der Waals surface area contributed by atoms with Crippen molar-refractivity contribution in [2.24, 2.45) is 5.92 Å². The number of hydrogen-bond acceptors (Lipinski definition) is 2. The van der Waals surface area contributed by atoms with E-state index in [1.807, 2.05) is 6.92 Å². The topological polar surface area (TPSA) is 18.5 Å². The van der Waals surface area contributed by atoms with Crippen LogP contribution in [0, 0.1) is 11.7 Å². The van der Waals surface area contributed by atoms with Crippen molar-refractivity contribution in [2.75, 3.05) is 13.7 Å². The highest BCUT2D eigenvalue weighted by molar-refractivity contribution is 5.35. The standard InChI is InChI=1S/C14H21FO2/c1-5-17-14(8-10(2)3)12-9-11(15)6-7-13(12)16-4/h6-7,9-10,14H,5,8H2,1-4H3/t14-/m0/s1. The van der Waals surface area contributed by atoms with E-state index in [0.29, 0.717) is 18.3 Å². The summed E-state index contributed by atoms with van der Waals surface area (Å²) >= 11 is 0. The molecule has 0 heterocycles. The second-order valence-corrected chi connectivity index (χ2v) is 4.46. The Labute approximate surface area is 103 Å². The number of ether oxygens (including phenoxy) is 2. The van der Waals surface area contributed by atoms with Crippen molar-refractivity contribution >= 4 is 0 Å². The summed E-state index contributed by atoms with van der Waals surface area (Å²) in [6.07, 6.45) is 0.749. The average molecular weight is 240 g/mol. The van der Waals surface area contributed by atoms with Crippen molar-refractivity contribution in [3.8, 4) is 5.75 Å². The Kier molecular flexibility index (Phi) is 5.42. The zero-order valence-corrected chi connectivity index (χ0v) is 11.0. The van der Waals surface area contributed by atoms with Crippen LogP contribution in [0.15, 0.2) is 18.2 Å². The van der Waals surface area contributed by atoms with E-state index < -0.39 is 0 Å². The molecule has 0 bridgehead atoms. The molecule has 1 atom stereocenters. The van der Waals surface area contributed by atoms with Crippen molar-refractivity contribution in [1.29, 1.82) is 0 Å². The second kappa shape index (κ2) is 6.60. The number of methoxy groups -OCH3 is 1. The van der Waals surface area contributed by atoms with Gasteiger partial charge < -0.3 is 9.47 Å². The summed E-state index contributed by atoms with van der Waals surface area (Å²) in [5, 5.41) is 0. The van der Waals surface area contributed by atoms with E-state index in [-0.39, 0.29) is 11.9 Å². The van der Waals surface area contributed by atoms with Crippen LogP contribution in [0.3, 0.4) is 0 Å². The smallest absolute Gasteiger partial charge is 0.124 e. The predicted molar refractivity (Wildman–Crippen MR) is 66.8 cm³/mol. The van der Waals surface area contributed by atoms with E-state index in [1.165, 1.54) is 12.1 Å². The molecule has 2 nitrogen and oxygen atoms in total. The van der Waals surface area contributed by atoms with Gasteiger partial charge in [-0.1, -0.05) is 13.8 Å². The summed E-state index contributed by atoms with van der Waals surface area (Å²) in [6, 6.07) is 4.55. The number of benzene rings is 1. The molecule has 0 radical (unpaired) electrons. The zero-order valence-electron chi connectivity index (χ0n) is 11.0. The molecule has 96 valence electrons. The Hall–Kier alpha value is -1.09. The molecular formula is C14H21FO2. The maximum Gasteiger partial charge on any atom is 0.124 e. The van der Waals surface area contributed by atoms with Gasteiger partial charge in [-0.05, 0) is 37.5 Å². The predicted octanol–water partition coefficient (Wildman–Crippen LogP) is 3.96. The fraction of sp³-hybridized carbons (Fsp3) is 0.571. The lowest BCUT2D eigenvalue weighted by atomic mass is 9.98. The Morgan fingerprint density at radius 2 is 2.00 bits per heavy atom. The number of hydrogen-bond donors (Lipinski definition) is 0. The molecule has 0 fully saturated rings. The monoisotopic (exact) mass is 240 g/mol. The molecule has 0 unspecified atom stereocenters. The van der Waals surface area contributed by atoms with E-state index in [9.17, 15) is 4.39 Å². The quantitative estimate of drug-likeness (QED) is 0.749. The van der Waals surface area contributed by atoms with Gasteiger partial charge in [0.1, 0.15) is 11.6 Å². The lowest BCUT2D eigenvalue weighted by Gasteiger charge is -2.21. The Bertz CT molecular complexity index is 350. The van der Waals surface area contributed by atoms with Crippen LogP contribution in [0.1, 0.15) is 38.9 Å². The molecule has 1 aromatic rings. The second-order valence-electron chi connectivity index (χ2n) is 4.46. The molecule has 0 aliphatic rings. The third kappa shape index (κ3) is 4.00. The minimum absolute atomic E-state index is 0.106. The average Bonchev–Trinajstić information content (AvgIpc) is 2.28. The van der Waals surface area contributed by atoms with Crippen LogP contribution in [-0.4, -0.2) is 13.7 Å². The molecule has 0 saturated carbocycles. The van der Waals surface area contributed by atoms with Gasteiger partial charge in [0.2, 0.25) is 0 Å². The van der Waals surface area contributed by atoms with Gasteiger partial charge in [0, 0.05) is 12.2 Å². The van der Waals surface area contributed by atoms with Gasteiger partial charge in [-0.3, -0.25) is 0 Å². The molecule has 0 saturated heterocycles. The van der Waals surface area contributed by atoms with E-state index in [1.54, 1.807) is 13.2 Å². The summed E-state index contributed by atoms with van der Waals surface area (Å²) in [6.45, 7) is 6.80. The van der Waals surface area contributed by atoms with E-state index in [4.69, 9.17) is 9.47 Å². The first kappa shape index (κ1) is 14.0. The maximum absolute atomic E-state index is 13.3. The third-order valence-electron chi connectivity index (χ3n) is 2.59. The van der Waals surface area contributed by atoms with Gasteiger partial charge in [0.25, 0.3) is 0 Å². The third-order valence-corrected chi connectivity index (χ3v) is 2.59. The fourth-order valence-corrected chi connectivity index (χ4v) is 1.87. The first-order chi connectivity index (χ1) is 8.08. The first-order valence-electron chi connectivity index (χ1n) is 6.03. The molecule has 0 amide bonds. The van der Waals surface area contributed by atoms with Crippen LogP contribution in [0.4, 0.5) is 4.39 Å². The fourth-order valence-electron chi connectivity index (χ4n) is 1.87. The molecule has 0 spiro atoms. The molecule has 0 aliphatic carbocycles. The lowest BCUT2D eigenvalue weighted by molar-refractivity contribution is 0.0454. The van der Waals surface area contributed by atoms with Crippen molar-refractivity contribution in [1.82, 2.24) is 0 Å². The Morgan fingerprint density at radius 3 is 2.53 bits per heavy atom. The largest absolute Gasteiger partial charge is 0.496 e. The zero-order chi connectivity index (χ0) is 12.8. The van der Waals surface area contributed by atoms with Gasteiger partial charge in [-0.25, -0.2) is 4.39 Å². The summed E-state index contributed by atoms with van der Waals surface area (Å²) < 4.78 is 24.3. The van der Waals surface area contributed by atoms with E-state index in [2.05, 4.69) is 13.8 Å². The van der Waals surface area contributed by atoms with Gasteiger partial charge >= 0.3 is 0 Å². The van der Waals surface area contributed by atoms with Crippen LogP contribution >= 0.6 is 0 Å². The highest BCUT2D eigenvalue weighted by Gasteiger charge is 2.18. The molecule has 1 rings (SSSR count). The van der Waals surface area contributed by atoms with Crippen LogP contribution in [0.25, 0.3) is 0 Å². The first-order valence-corrected chi connectivity index (χ1v) is 6.03. The van der Waals surface area contributed by atoms with Crippen molar-refractivity contribution in [2.45, 2.75) is 33.3 Å². The van der Waals surface area contributed by atoms with Gasteiger partial charge in [0.05, 0.1) is 13.2 Å². The number of halogens is 1. The molecule has 0 N–H and O–H groups in total. The molecular weight excluding hydrogens is 219 g/mol. The van der Waals surface area contributed by atoms with Crippen LogP contribution in [0.5, 0.6) is 5.75 Å². The number of rotatable bonds is 6. The van der Waals surface area contributed by atoms with E-state index in [0.717, 1.165) is 12.0 Å². The maximum atomic E-state index is 13.3. The summed E-state index contributed by atoms with van der Waals surface area (Å²) in [7, 11) is 1.59. The lowest BCUT2D eigenvalue weighted by Crippen LogP contribution is -2.09. The van der Waals surface area contributed by atoms with Crippen LogP contribution < -0.4 is 4.74 Å². The van der Waals surface area contributed by atoms with Crippen LogP contribution in [-0.2, 0) is 4.74 Å². The van der Waals surface area contributed by atoms with Crippen molar-refractivity contribution in [3.05, 3.63) is 29.6 Å². The molecule has 17 heavy (non-hydrogen) atoms. The normalized spacial score (nSPS) is 12.8. The summed E-state index contributed by atoms with van der Waals surface area (Å²) in [4.78, 5) is 0. The van der Waals surface area contributed by atoms with Gasteiger partial charge in [-0.2, -0.15) is 0 Å². The van der Waals surface area contributed by atoms with Crippen molar-refractivity contribution in [3.63, 3.8) is 0 Å². The minimum atomic E-state index is -0.255.